The summed E-state index contributed by atoms with van der Waals surface area (Å²) in [7, 11) is 0. The maximum Gasteiger partial charge on any atom is 0.274 e. The number of likely N-dealkylation sites (tertiary alicyclic amines) is 1. The summed E-state index contributed by atoms with van der Waals surface area (Å²) in [5, 5.41) is 1.30. The summed E-state index contributed by atoms with van der Waals surface area (Å²) in [6.45, 7) is 3.37. The number of ether oxygens (including phenoxy) is 1. The number of amides is 1. The number of para-hydroxylation sites is 1. The van der Waals surface area contributed by atoms with Crippen LogP contribution in [0.4, 0.5) is 0 Å². The second kappa shape index (κ2) is 7.25. The Kier molecular flexibility index (Phi) is 4.83. The van der Waals surface area contributed by atoms with E-state index in [0.717, 1.165) is 34.2 Å². The van der Waals surface area contributed by atoms with Crippen LogP contribution in [0.25, 0.3) is 10.2 Å². The molecule has 1 saturated heterocycles. The molecule has 3 aromatic rings. The molecule has 1 fully saturated rings. The Bertz CT molecular complexity index is 948. The van der Waals surface area contributed by atoms with Crippen LogP contribution in [0.1, 0.15) is 28.8 Å². The highest BCUT2D eigenvalue weighted by Crippen LogP contribution is 2.33. The van der Waals surface area contributed by atoms with Gasteiger partial charge in [0.25, 0.3) is 11.1 Å². The molecule has 1 aliphatic rings. The molecule has 0 atom stereocenters. The predicted octanol–water partition coefficient (Wildman–Crippen LogP) is 4.94. The normalized spacial score (nSPS) is 15.4. The Balaban J connectivity index is 1.39. The van der Waals surface area contributed by atoms with Gasteiger partial charge in [0.05, 0.1) is 9.72 Å². The number of rotatable bonds is 3. The monoisotopic (exact) mass is 386 g/mol. The molecule has 4 nitrogen and oxygen atoms in total. The van der Waals surface area contributed by atoms with Gasteiger partial charge < -0.3 is 9.64 Å². The van der Waals surface area contributed by atoms with Crippen LogP contribution < -0.4 is 4.74 Å². The topological polar surface area (TPSA) is 42.4 Å². The molecule has 0 bridgehead atoms. The van der Waals surface area contributed by atoms with Crippen molar-refractivity contribution in [1.29, 1.82) is 0 Å². The van der Waals surface area contributed by atoms with Crippen LogP contribution in [0.15, 0.2) is 42.5 Å². The van der Waals surface area contributed by atoms with E-state index in [4.69, 9.17) is 16.3 Å². The van der Waals surface area contributed by atoms with Crippen LogP contribution in [0.5, 0.6) is 5.19 Å². The molecule has 4 rings (SSSR count). The van der Waals surface area contributed by atoms with E-state index in [2.05, 4.69) is 4.98 Å². The molecular formula is C20H19ClN2O2S. The molecule has 1 amide bonds. The van der Waals surface area contributed by atoms with Gasteiger partial charge in [0.1, 0.15) is 11.6 Å². The first-order chi connectivity index (χ1) is 12.6. The lowest BCUT2D eigenvalue weighted by atomic mass is 10.0. The van der Waals surface area contributed by atoms with Gasteiger partial charge in [-0.2, -0.15) is 0 Å². The zero-order chi connectivity index (χ0) is 18.1. The summed E-state index contributed by atoms with van der Waals surface area (Å²) >= 11 is 7.70. The van der Waals surface area contributed by atoms with Crippen molar-refractivity contribution < 1.29 is 9.53 Å². The molecule has 0 spiro atoms. The van der Waals surface area contributed by atoms with E-state index in [9.17, 15) is 4.79 Å². The van der Waals surface area contributed by atoms with Gasteiger partial charge in [0, 0.05) is 31.5 Å². The van der Waals surface area contributed by atoms with Gasteiger partial charge >= 0.3 is 0 Å². The lowest BCUT2D eigenvalue weighted by Crippen LogP contribution is -2.42. The average Bonchev–Trinajstić information content (AvgIpc) is 3.06. The lowest BCUT2D eigenvalue weighted by molar-refractivity contribution is 0.0595. The number of hydrogen-bond acceptors (Lipinski definition) is 4. The fraction of sp³-hybridized carbons (Fsp3) is 0.300. The van der Waals surface area contributed by atoms with Crippen molar-refractivity contribution in [2.24, 2.45) is 0 Å². The fourth-order valence-electron chi connectivity index (χ4n) is 3.25. The van der Waals surface area contributed by atoms with E-state index in [1.807, 2.05) is 54.3 Å². The van der Waals surface area contributed by atoms with Crippen molar-refractivity contribution in [2.75, 3.05) is 13.1 Å². The quantitative estimate of drug-likeness (QED) is 0.640. The minimum absolute atomic E-state index is 0.0789. The van der Waals surface area contributed by atoms with Gasteiger partial charge in [-0.15, -0.1) is 0 Å². The third-order valence-corrected chi connectivity index (χ3v) is 5.94. The summed E-state index contributed by atoms with van der Waals surface area (Å²) < 4.78 is 7.09. The number of aryl methyl sites for hydroxylation is 1. The van der Waals surface area contributed by atoms with Crippen molar-refractivity contribution in [2.45, 2.75) is 25.9 Å². The molecule has 26 heavy (non-hydrogen) atoms. The maximum absolute atomic E-state index is 12.7. The van der Waals surface area contributed by atoms with Crippen molar-refractivity contribution in [3.05, 3.63) is 58.6 Å². The molecule has 6 heteroatoms. The molecule has 2 aromatic carbocycles. The number of fused-ring (bicyclic) bond motifs is 1. The second-order valence-electron chi connectivity index (χ2n) is 6.49. The number of piperidine rings is 1. The number of carbonyl (C=O) groups excluding carboxylic acids is 1. The number of halogens is 1. The molecule has 0 N–H and O–H groups in total. The van der Waals surface area contributed by atoms with E-state index >= 15 is 0 Å². The fourth-order valence-corrected chi connectivity index (χ4v) is 4.43. The molecule has 0 aliphatic carbocycles. The first-order valence-corrected chi connectivity index (χ1v) is 9.88. The van der Waals surface area contributed by atoms with E-state index in [1.54, 1.807) is 0 Å². The molecule has 0 unspecified atom stereocenters. The van der Waals surface area contributed by atoms with Crippen LogP contribution in [-0.2, 0) is 0 Å². The zero-order valence-electron chi connectivity index (χ0n) is 14.4. The largest absolute Gasteiger partial charge is 0.467 e. The highest BCUT2D eigenvalue weighted by Gasteiger charge is 2.26. The average molecular weight is 387 g/mol. The summed E-state index contributed by atoms with van der Waals surface area (Å²) in [6.07, 6.45) is 1.69. The van der Waals surface area contributed by atoms with Gasteiger partial charge in [-0.3, -0.25) is 4.79 Å². The molecule has 0 saturated carbocycles. The van der Waals surface area contributed by atoms with Crippen LogP contribution in [-0.4, -0.2) is 35.0 Å². The Morgan fingerprint density at radius 1 is 1.19 bits per heavy atom. The van der Waals surface area contributed by atoms with E-state index < -0.39 is 0 Å². The van der Waals surface area contributed by atoms with Crippen molar-refractivity contribution >= 4 is 39.1 Å². The third-order valence-electron chi connectivity index (χ3n) is 4.72. The van der Waals surface area contributed by atoms with Crippen LogP contribution in [0, 0.1) is 6.92 Å². The van der Waals surface area contributed by atoms with Gasteiger partial charge in [0.2, 0.25) is 0 Å². The Morgan fingerprint density at radius 2 is 1.96 bits per heavy atom. The van der Waals surface area contributed by atoms with E-state index in [0.29, 0.717) is 23.3 Å². The zero-order valence-corrected chi connectivity index (χ0v) is 16.0. The number of hydrogen-bond donors (Lipinski definition) is 0. The summed E-state index contributed by atoms with van der Waals surface area (Å²) in [4.78, 5) is 19.1. The first-order valence-electron chi connectivity index (χ1n) is 8.68. The number of benzene rings is 2. The summed E-state index contributed by atoms with van der Waals surface area (Å²) in [5.74, 6) is 0.105. The molecule has 2 heterocycles. The molecule has 1 aromatic heterocycles. The second-order valence-corrected chi connectivity index (χ2v) is 7.89. The molecule has 1 aliphatic heterocycles. The highest BCUT2D eigenvalue weighted by atomic mass is 35.5. The third kappa shape index (κ3) is 3.41. The number of thiazole rings is 1. The van der Waals surface area contributed by atoms with Crippen LogP contribution in [0.3, 0.4) is 0 Å². The number of aromatic nitrogens is 1. The van der Waals surface area contributed by atoms with Gasteiger partial charge in [-0.25, -0.2) is 4.98 Å². The molecule has 134 valence electrons. The number of nitrogens with zero attached hydrogens (tertiary/aromatic N) is 2. The smallest absolute Gasteiger partial charge is 0.274 e. The Labute approximate surface area is 161 Å². The van der Waals surface area contributed by atoms with Crippen molar-refractivity contribution in [1.82, 2.24) is 9.88 Å². The van der Waals surface area contributed by atoms with Crippen LogP contribution in [0.2, 0.25) is 5.02 Å². The number of carbonyl (C=O) groups is 1. The molecular weight excluding hydrogens is 368 g/mol. The summed E-state index contributed by atoms with van der Waals surface area (Å²) in [5.41, 5.74) is 2.59. The Morgan fingerprint density at radius 3 is 2.69 bits per heavy atom. The SMILES string of the molecule is Cc1ccccc1C(=O)N1CCC(Oc2nc3c(Cl)cccc3s2)CC1. The highest BCUT2D eigenvalue weighted by molar-refractivity contribution is 7.20. The predicted molar refractivity (Wildman–Crippen MR) is 105 cm³/mol. The minimum atomic E-state index is 0.0789. The lowest BCUT2D eigenvalue weighted by Gasteiger charge is -2.32. The molecule has 0 radical (unpaired) electrons. The van der Waals surface area contributed by atoms with Gasteiger partial charge in [-0.1, -0.05) is 47.2 Å². The van der Waals surface area contributed by atoms with Gasteiger partial charge in [-0.05, 0) is 30.7 Å². The minimum Gasteiger partial charge on any atom is -0.467 e. The standard InChI is InChI=1S/C20H19ClN2O2S/c1-13-5-2-3-6-15(13)19(24)23-11-9-14(10-12-23)25-20-22-18-16(21)7-4-8-17(18)26-20/h2-8,14H,9-12H2,1H3. The maximum atomic E-state index is 12.7. The van der Waals surface area contributed by atoms with Crippen LogP contribution >= 0.6 is 22.9 Å². The Hall–Kier alpha value is -2.11. The van der Waals surface area contributed by atoms with Crippen molar-refractivity contribution in [3.63, 3.8) is 0 Å². The van der Waals surface area contributed by atoms with Crippen molar-refractivity contribution in [3.8, 4) is 5.19 Å². The first kappa shape index (κ1) is 17.3. The summed E-state index contributed by atoms with van der Waals surface area (Å²) in [6, 6.07) is 13.5. The van der Waals surface area contributed by atoms with Gasteiger partial charge in [0.15, 0.2) is 0 Å². The van der Waals surface area contributed by atoms with E-state index in [-0.39, 0.29) is 12.0 Å². The van der Waals surface area contributed by atoms with E-state index in [1.165, 1.54) is 11.3 Å².